The second-order valence-corrected chi connectivity index (χ2v) is 7.57. The third-order valence-corrected chi connectivity index (χ3v) is 4.92. The number of phenols is 2. The van der Waals surface area contributed by atoms with Crippen LogP contribution in [0.4, 0.5) is 0 Å². The van der Waals surface area contributed by atoms with E-state index in [4.69, 9.17) is 0 Å². The Morgan fingerprint density at radius 2 is 1.12 bits per heavy atom. The molecule has 0 saturated heterocycles. The Bertz CT molecular complexity index is 476. The lowest BCUT2D eigenvalue weighted by Crippen LogP contribution is -2.02. The highest BCUT2D eigenvalue weighted by Gasteiger charge is 2.06. The predicted octanol–water partition coefficient (Wildman–Crippen LogP) is 6.69. The van der Waals surface area contributed by atoms with Gasteiger partial charge in [0.1, 0.15) is 17.3 Å². The van der Waals surface area contributed by atoms with Gasteiger partial charge in [-0.1, -0.05) is 84.0 Å². The maximum atomic E-state index is 12.0. The van der Waals surface area contributed by atoms with E-state index in [0.717, 1.165) is 12.8 Å². The first-order valence-corrected chi connectivity index (χ1v) is 10.7. The largest absolute Gasteiger partial charge is 0.508 e. The van der Waals surface area contributed by atoms with E-state index in [1.807, 2.05) is 0 Å². The summed E-state index contributed by atoms with van der Waals surface area (Å²) in [6.45, 7) is 2.26. The van der Waals surface area contributed by atoms with Crippen molar-refractivity contribution in [3.05, 3.63) is 23.8 Å². The Labute approximate surface area is 159 Å². The fraction of sp³-hybridized carbons (Fsp3) is 0.696. The van der Waals surface area contributed by atoms with E-state index < -0.39 is 0 Å². The van der Waals surface area contributed by atoms with Gasteiger partial charge in [-0.15, -0.1) is 0 Å². The van der Waals surface area contributed by atoms with Crippen LogP contribution in [-0.4, -0.2) is 16.0 Å². The smallest absolute Gasteiger partial charge is 0.137 e. The molecule has 0 aliphatic rings. The number of benzene rings is 1. The zero-order valence-electron chi connectivity index (χ0n) is 16.6. The molecule has 3 nitrogen and oxygen atoms in total. The van der Waals surface area contributed by atoms with E-state index in [1.54, 1.807) is 12.1 Å². The molecule has 0 spiro atoms. The fourth-order valence-electron chi connectivity index (χ4n) is 3.41. The molecule has 148 valence electrons. The van der Waals surface area contributed by atoms with Crippen LogP contribution < -0.4 is 0 Å². The summed E-state index contributed by atoms with van der Waals surface area (Å²) in [5, 5.41) is 18.9. The van der Waals surface area contributed by atoms with Crippen LogP contribution in [-0.2, 0) is 11.2 Å². The van der Waals surface area contributed by atoms with Crippen molar-refractivity contribution in [2.45, 2.75) is 103 Å². The molecule has 1 aromatic carbocycles. The van der Waals surface area contributed by atoms with Gasteiger partial charge in [-0.2, -0.15) is 0 Å². The topological polar surface area (TPSA) is 57.5 Å². The van der Waals surface area contributed by atoms with Gasteiger partial charge in [0.25, 0.3) is 0 Å². The van der Waals surface area contributed by atoms with Crippen LogP contribution in [0.5, 0.6) is 11.5 Å². The molecule has 0 unspecified atom stereocenters. The molecular weight excluding hydrogens is 324 g/mol. The number of hydrogen-bond donors (Lipinski definition) is 2. The van der Waals surface area contributed by atoms with Gasteiger partial charge in [0, 0.05) is 18.9 Å². The molecule has 0 atom stereocenters. The predicted molar refractivity (Wildman–Crippen MR) is 109 cm³/mol. The lowest BCUT2D eigenvalue weighted by Gasteiger charge is -2.04. The quantitative estimate of drug-likeness (QED) is 0.322. The SMILES string of the molecule is CCCCCCCCCCCCCCCC(=O)Cc1cc(O)cc(O)c1. The summed E-state index contributed by atoms with van der Waals surface area (Å²) in [7, 11) is 0. The molecule has 0 aliphatic carbocycles. The highest BCUT2D eigenvalue weighted by atomic mass is 16.3. The molecule has 0 bridgehead atoms. The lowest BCUT2D eigenvalue weighted by atomic mass is 10.0. The monoisotopic (exact) mass is 362 g/mol. The average Bonchev–Trinajstić information content (AvgIpc) is 2.58. The maximum absolute atomic E-state index is 12.0. The summed E-state index contributed by atoms with van der Waals surface area (Å²) in [6.07, 6.45) is 17.8. The minimum absolute atomic E-state index is 0.00811. The summed E-state index contributed by atoms with van der Waals surface area (Å²) in [5.41, 5.74) is 0.683. The molecule has 1 rings (SSSR count). The number of carbonyl (C=O) groups excluding carboxylic acids is 1. The third-order valence-electron chi connectivity index (χ3n) is 4.92. The van der Waals surface area contributed by atoms with Crippen molar-refractivity contribution >= 4 is 5.78 Å². The van der Waals surface area contributed by atoms with Crippen molar-refractivity contribution < 1.29 is 15.0 Å². The molecule has 1 aromatic rings. The van der Waals surface area contributed by atoms with Crippen LogP contribution in [0.15, 0.2) is 18.2 Å². The van der Waals surface area contributed by atoms with Crippen molar-refractivity contribution in [2.24, 2.45) is 0 Å². The second kappa shape index (κ2) is 14.6. The first-order valence-electron chi connectivity index (χ1n) is 10.7. The Morgan fingerprint density at radius 1 is 0.692 bits per heavy atom. The number of carbonyl (C=O) groups is 1. The standard InChI is InChI=1S/C23H38O3/c1-2-3-4-5-6-7-8-9-10-11-12-13-14-15-21(24)16-20-17-22(25)19-23(26)18-20/h17-19,25-26H,2-16H2,1H3. The zero-order chi connectivity index (χ0) is 19.0. The van der Waals surface area contributed by atoms with Crippen molar-refractivity contribution in [1.82, 2.24) is 0 Å². The fourth-order valence-corrected chi connectivity index (χ4v) is 3.41. The molecule has 0 aliphatic heterocycles. The number of hydrogen-bond acceptors (Lipinski definition) is 3. The number of rotatable bonds is 16. The van der Waals surface area contributed by atoms with E-state index >= 15 is 0 Å². The van der Waals surface area contributed by atoms with Gasteiger partial charge < -0.3 is 10.2 Å². The Kier molecular flexibility index (Phi) is 12.7. The Hall–Kier alpha value is -1.51. The van der Waals surface area contributed by atoms with Gasteiger partial charge in [-0.25, -0.2) is 0 Å². The first-order chi connectivity index (χ1) is 12.6. The van der Waals surface area contributed by atoms with E-state index in [2.05, 4.69) is 6.92 Å². The first kappa shape index (κ1) is 22.5. The van der Waals surface area contributed by atoms with Crippen LogP contribution in [0.1, 0.15) is 102 Å². The van der Waals surface area contributed by atoms with Gasteiger partial charge in [-0.05, 0) is 24.1 Å². The molecule has 0 fully saturated rings. The van der Waals surface area contributed by atoms with E-state index in [-0.39, 0.29) is 17.3 Å². The van der Waals surface area contributed by atoms with Crippen LogP contribution in [0.25, 0.3) is 0 Å². The molecule has 0 aromatic heterocycles. The maximum Gasteiger partial charge on any atom is 0.137 e. The third kappa shape index (κ3) is 11.9. The molecule has 0 amide bonds. The number of phenolic OH excluding ortho intramolecular Hbond substituents is 2. The molecule has 0 heterocycles. The van der Waals surface area contributed by atoms with Crippen LogP contribution >= 0.6 is 0 Å². The van der Waals surface area contributed by atoms with Crippen molar-refractivity contribution in [3.8, 4) is 11.5 Å². The summed E-state index contributed by atoms with van der Waals surface area (Å²) in [5.74, 6) is 0.195. The van der Waals surface area contributed by atoms with Gasteiger partial charge >= 0.3 is 0 Å². The van der Waals surface area contributed by atoms with Crippen molar-refractivity contribution in [1.29, 1.82) is 0 Å². The number of unbranched alkanes of at least 4 members (excludes halogenated alkanes) is 12. The van der Waals surface area contributed by atoms with Crippen molar-refractivity contribution in [2.75, 3.05) is 0 Å². The zero-order valence-corrected chi connectivity index (χ0v) is 16.6. The highest BCUT2D eigenvalue weighted by Crippen LogP contribution is 2.21. The molecule has 3 heteroatoms. The number of aromatic hydroxyl groups is 2. The van der Waals surface area contributed by atoms with E-state index in [1.165, 1.54) is 76.7 Å². The summed E-state index contributed by atoms with van der Waals surface area (Å²) in [6, 6.07) is 4.36. The molecular formula is C23H38O3. The minimum Gasteiger partial charge on any atom is -0.508 e. The average molecular weight is 363 g/mol. The van der Waals surface area contributed by atoms with E-state index in [9.17, 15) is 15.0 Å². The number of Topliss-reactive ketones (excluding diaryl/α,β-unsaturated/α-hetero) is 1. The normalized spacial score (nSPS) is 11.0. The van der Waals surface area contributed by atoms with E-state index in [0.29, 0.717) is 18.4 Å². The Morgan fingerprint density at radius 3 is 1.58 bits per heavy atom. The van der Waals surface area contributed by atoms with Crippen LogP contribution in [0.3, 0.4) is 0 Å². The van der Waals surface area contributed by atoms with Crippen LogP contribution in [0, 0.1) is 0 Å². The summed E-state index contributed by atoms with van der Waals surface area (Å²) >= 11 is 0. The Balaban J connectivity index is 1.91. The second-order valence-electron chi connectivity index (χ2n) is 7.57. The number of ketones is 1. The summed E-state index contributed by atoms with van der Waals surface area (Å²) < 4.78 is 0. The van der Waals surface area contributed by atoms with Crippen LogP contribution in [0.2, 0.25) is 0 Å². The van der Waals surface area contributed by atoms with Gasteiger partial charge in [0.05, 0.1) is 0 Å². The van der Waals surface area contributed by atoms with Gasteiger partial charge in [0.15, 0.2) is 0 Å². The molecule has 2 N–H and O–H groups in total. The molecule has 26 heavy (non-hydrogen) atoms. The van der Waals surface area contributed by atoms with Gasteiger partial charge in [-0.3, -0.25) is 4.79 Å². The lowest BCUT2D eigenvalue weighted by molar-refractivity contribution is -0.118. The highest BCUT2D eigenvalue weighted by molar-refractivity contribution is 5.81. The minimum atomic E-state index is 0.00811. The van der Waals surface area contributed by atoms with Crippen molar-refractivity contribution in [3.63, 3.8) is 0 Å². The molecule has 0 radical (unpaired) electrons. The molecule has 0 saturated carbocycles. The summed E-state index contributed by atoms with van der Waals surface area (Å²) in [4.78, 5) is 12.0. The van der Waals surface area contributed by atoms with Gasteiger partial charge in [0.2, 0.25) is 0 Å².